The molecule has 0 bridgehead atoms. The lowest BCUT2D eigenvalue weighted by atomic mass is 9.95. The smallest absolute Gasteiger partial charge is 0.152 e. The fourth-order valence-corrected chi connectivity index (χ4v) is 2.64. The van der Waals surface area contributed by atoms with Gasteiger partial charge in [0.25, 0.3) is 0 Å². The molecule has 0 aliphatic heterocycles. The average molecular weight is 282 g/mol. The van der Waals surface area contributed by atoms with Gasteiger partial charge in [-0.1, -0.05) is 0 Å². The number of aromatic nitrogens is 4. The van der Waals surface area contributed by atoms with Crippen LogP contribution in [0.5, 0.6) is 0 Å². The van der Waals surface area contributed by atoms with Gasteiger partial charge in [0.05, 0.1) is 5.56 Å². The van der Waals surface area contributed by atoms with Gasteiger partial charge in [0.1, 0.15) is 18.2 Å². The summed E-state index contributed by atoms with van der Waals surface area (Å²) in [7, 11) is 1.85. The highest BCUT2D eigenvalue weighted by Gasteiger charge is 2.15. The molecule has 21 heavy (non-hydrogen) atoms. The summed E-state index contributed by atoms with van der Waals surface area (Å²) in [5.41, 5.74) is 3.00. The molecule has 2 aromatic heterocycles. The van der Waals surface area contributed by atoms with Crippen LogP contribution in [-0.4, -0.2) is 26.3 Å². The number of pyridine rings is 1. The Morgan fingerprint density at radius 1 is 1.38 bits per heavy atom. The van der Waals surface area contributed by atoms with Crippen molar-refractivity contribution in [2.75, 3.05) is 11.9 Å². The zero-order valence-corrected chi connectivity index (χ0v) is 12.1. The Morgan fingerprint density at radius 2 is 2.24 bits per heavy atom. The molecule has 0 unspecified atom stereocenters. The monoisotopic (exact) mass is 282 g/mol. The zero-order chi connectivity index (χ0) is 14.7. The van der Waals surface area contributed by atoms with Gasteiger partial charge in [0.15, 0.2) is 5.82 Å². The molecule has 1 N–H and O–H groups in total. The highest BCUT2D eigenvalue weighted by molar-refractivity contribution is 5.54. The molecule has 1 aliphatic rings. The van der Waals surface area contributed by atoms with Gasteiger partial charge >= 0.3 is 0 Å². The van der Waals surface area contributed by atoms with E-state index in [9.17, 15) is 5.26 Å². The van der Waals surface area contributed by atoms with Gasteiger partial charge in [0.2, 0.25) is 0 Å². The van der Waals surface area contributed by atoms with E-state index in [-0.39, 0.29) is 0 Å². The van der Waals surface area contributed by atoms with Crippen LogP contribution in [0, 0.1) is 11.3 Å². The lowest BCUT2D eigenvalue weighted by Crippen LogP contribution is -2.13. The SMILES string of the molecule is Cn1cnc(CCNc2nc3c(cc2C#N)CCCC3)n1. The molecule has 0 radical (unpaired) electrons. The number of nitriles is 1. The van der Waals surface area contributed by atoms with Gasteiger partial charge in [-0.2, -0.15) is 10.4 Å². The predicted molar refractivity (Wildman–Crippen MR) is 78.8 cm³/mol. The number of hydrogen-bond donors (Lipinski definition) is 1. The van der Waals surface area contributed by atoms with Crippen molar-refractivity contribution in [1.82, 2.24) is 19.7 Å². The summed E-state index contributed by atoms with van der Waals surface area (Å²) in [6.07, 6.45) is 6.82. The number of fused-ring (bicyclic) bond motifs is 1. The van der Waals surface area contributed by atoms with E-state index in [1.165, 1.54) is 18.4 Å². The summed E-state index contributed by atoms with van der Waals surface area (Å²) < 4.78 is 1.69. The number of anilines is 1. The summed E-state index contributed by atoms with van der Waals surface area (Å²) in [5, 5.41) is 16.8. The van der Waals surface area contributed by atoms with Crippen LogP contribution >= 0.6 is 0 Å². The van der Waals surface area contributed by atoms with Crippen molar-refractivity contribution in [2.24, 2.45) is 7.05 Å². The minimum absolute atomic E-state index is 0.629. The Labute approximate surface area is 123 Å². The van der Waals surface area contributed by atoms with Crippen LogP contribution in [-0.2, 0) is 26.3 Å². The van der Waals surface area contributed by atoms with E-state index >= 15 is 0 Å². The second-order valence-electron chi connectivity index (χ2n) is 5.32. The highest BCUT2D eigenvalue weighted by Crippen LogP contribution is 2.24. The molecule has 0 atom stereocenters. The predicted octanol–water partition coefficient (Wildman–Crippen LogP) is 1.62. The molecular formula is C15H18N6. The van der Waals surface area contributed by atoms with E-state index in [0.717, 1.165) is 24.4 Å². The first kappa shape index (κ1) is 13.6. The van der Waals surface area contributed by atoms with Gasteiger partial charge in [-0.15, -0.1) is 0 Å². The maximum atomic E-state index is 9.28. The van der Waals surface area contributed by atoms with Gasteiger partial charge in [-0.3, -0.25) is 4.68 Å². The van der Waals surface area contributed by atoms with Crippen molar-refractivity contribution in [1.29, 1.82) is 5.26 Å². The van der Waals surface area contributed by atoms with Gasteiger partial charge < -0.3 is 5.32 Å². The lowest BCUT2D eigenvalue weighted by molar-refractivity contribution is 0.667. The maximum absolute atomic E-state index is 9.28. The molecule has 0 spiro atoms. The minimum Gasteiger partial charge on any atom is -0.369 e. The number of aryl methyl sites for hydroxylation is 3. The fourth-order valence-electron chi connectivity index (χ4n) is 2.64. The van der Waals surface area contributed by atoms with Gasteiger partial charge in [0, 0.05) is 25.7 Å². The molecule has 2 heterocycles. The lowest BCUT2D eigenvalue weighted by Gasteiger charge is -2.17. The van der Waals surface area contributed by atoms with Crippen LogP contribution in [0.1, 0.15) is 35.5 Å². The van der Waals surface area contributed by atoms with Crippen LogP contribution in [0.15, 0.2) is 12.4 Å². The van der Waals surface area contributed by atoms with Crippen molar-refractivity contribution in [3.63, 3.8) is 0 Å². The van der Waals surface area contributed by atoms with Crippen molar-refractivity contribution >= 4 is 5.82 Å². The first-order valence-corrected chi connectivity index (χ1v) is 7.27. The Bertz CT molecular complexity index is 682. The Kier molecular flexibility index (Phi) is 3.82. The average Bonchev–Trinajstić information content (AvgIpc) is 2.92. The summed E-state index contributed by atoms with van der Waals surface area (Å²) in [6, 6.07) is 4.23. The molecule has 0 saturated heterocycles. The molecule has 0 fully saturated rings. The van der Waals surface area contributed by atoms with Crippen LogP contribution in [0.2, 0.25) is 0 Å². The maximum Gasteiger partial charge on any atom is 0.152 e. The van der Waals surface area contributed by atoms with E-state index in [1.807, 2.05) is 13.1 Å². The van der Waals surface area contributed by atoms with Gasteiger partial charge in [-0.25, -0.2) is 9.97 Å². The number of nitrogens with zero attached hydrogens (tertiary/aromatic N) is 5. The van der Waals surface area contributed by atoms with E-state index < -0.39 is 0 Å². The molecule has 0 amide bonds. The van der Waals surface area contributed by atoms with Crippen LogP contribution < -0.4 is 5.32 Å². The molecule has 6 heteroatoms. The summed E-state index contributed by atoms with van der Waals surface area (Å²) in [6.45, 7) is 0.671. The highest BCUT2D eigenvalue weighted by atomic mass is 15.3. The second-order valence-corrected chi connectivity index (χ2v) is 5.32. The molecule has 2 aromatic rings. The number of nitrogens with one attached hydrogen (secondary N) is 1. The molecule has 0 aromatic carbocycles. The summed E-state index contributed by atoms with van der Waals surface area (Å²) in [4.78, 5) is 8.83. The topological polar surface area (TPSA) is 79.4 Å². The van der Waals surface area contributed by atoms with Gasteiger partial charge in [-0.05, 0) is 37.3 Å². The molecule has 0 saturated carbocycles. The van der Waals surface area contributed by atoms with E-state index in [4.69, 9.17) is 0 Å². The first-order valence-electron chi connectivity index (χ1n) is 7.27. The quantitative estimate of drug-likeness (QED) is 0.921. The van der Waals surface area contributed by atoms with Crippen molar-refractivity contribution in [3.8, 4) is 6.07 Å². The van der Waals surface area contributed by atoms with Crippen LogP contribution in [0.25, 0.3) is 0 Å². The van der Waals surface area contributed by atoms with E-state index in [1.54, 1.807) is 11.0 Å². The Hall–Kier alpha value is -2.42. The molecule has 6 nitrogen and oxygen atoms in total. The fraction of sp³-hybridized carbons (Fsp3) is 0.467. The van der Waals surface area contributed by atoms with Crippen molar-refractivity contribution in [2.45, 2.75) is 32.1 Å². The Balaban J connectivity index is 1.71. The summed E-state index contributed by atoms with van der Waals surface area (Å²) in [5.74, 6) is 1.48. The third kappa shape index (κ3) is 3.02. The van der Waals surface area contributed by atoms with E-state index in [2.05, 4.69) is 26.5 Å². The molecule has 1 aliphatic carbocycles. The van der Waals surface area contributed by atoms with Crippen LogP contribution in [0.3, 0.4) is 0 Å². The number of hydrogen-bond acceptors (Lipinski definition) is 5. The molecule has 108 valence electrons. The first-order chi connectivity index (χ1) is 10.3. The largest absolute Gasteiger partial charge is 0.369 e. The van der Waals surface area contributed by atoms with E-state index in [0.29, 0.717) is 24.3 Å². The van der Waals surface area contributed by atoms with Crippen molar-refractivity contribution in [3.05, 3.63) is 35.0 Å². The van der Waals surface area contributed by atoms with Crippen LogP contribution in [0.4, 0.5) is 5.82 Å². The van der Waals surface area contributed by atoms with Crippen molar-refractivity contribution < 1.29 is 0 Å². The third-order valence-corrected chi connectivity index (χ3v) is 3.71. The normalized spacial score (nSPS) is 13.5. The third-order valence-electron chi connectivity index (χ3n) is 3.71. The number of rotatable bonds is 4. The minimum atomic E-state index is 0.629. The summed E-state index contributed by atoms with van der Waals surface area (Å²) >= 11 is 0. The Morgan fingerprint density at radius 3 is 3.00 bits per heavy atom. The zero-order valence-electron chi connectivity index (χ0n) is 12.1. The second kappa shape index (κ2) is 5.92. The standard InChI is InChI=1S/C15H18N6/c1-21-10-18-14(20-21)6-7-17-15-12(9-16)8-11-4-2-3-5-13(11)19-15/h8,10H,2-7H2,1H3,(H,17,19). The molecule has 3 rings (SSSR count). The molecular weight excluding hydrogens is 264 g/mol.